The molecule has 0 rings (SSSR count). The Hall–Kier alpha value is 0.428. The summed E-state index contributed by atoms with van der Waals surface area (Å²) in [6, 6.07) is 0. The van der Waals surface area contributed by atoms with E-state index in [4.69, 9.17) is 0 Å². The van der Waals surface area contributed by atoms with Gasteiger partial charge >= 0.3 is 41.8 Å². The summed E-state index contributed by atoms with van der Waals surface area (Å²) in [6.07, 6.45) is 0. The van der Waals surface area contributed by atoms with Crippen molar-refractivity contribution in [2.75, 3.05) is 13.7 Å². The second kappa shape index (κ2) is 4.43. The van der Waals surface area contributed by atoms with Gasteiger partial charge in [0.05, 0.1) is 0 Å². The molecule has 28 valence electrons. The number of hydrogen-bond donors (Lipinski definition) is 0. The summed E-state index contributed by atoms with van der Waals surface area (Å²) in [4.78, 5) is 0. The van der Waals surface area contributed by atoms with Crippen molar-refractivity contribution in [3.63, 3.8) is 0 Å². The van der Waals surface area contributed by atoms with Gasteiger partial charge < -0.3 is 0 Å². The fraction of sp³-hybridized carbons (Fsp3) is 0.667. The molecule has 0 aliphatic carbocycles. The van der Waals surface area contributed by atoms with Crippen LogP contribution >= 0.6 is 0 Å². The van der Waals surface area contributed by atoms with Crippen molar-refractivity contribution in [2.45, 2.75) is 0 Å². The third kappa shape index (κ3) is 4.43. The molecule has 0 fully saturated rings. The van der Waals surface area contributed by atoms with E-state index in [2.05, 4.69) is 8.94 Å². The quantitative estimate of drug-likeness (QED) is 0.634. The van der Waals surface area contributed by atoms with Gasteiger partial charge in [0, 0.05) is 0 Å². The minimum absolute atomic E-state index is 0.676. The zero-order chi connectivity index (χ0) is 4.12. The van der Waals surface area contributed by atoms with Gasteiger partial charge in [-0.15, -0.1) is 0 Å². The van der Waals surface area contributed by atoms with Crippen LogP contribution in [0.15, 0.2) is 0 Å². The van der Waals surface area contributed by atoms with Crippen LogP contribution in [0, 0.1) is 4.20 Å². The number of ether oxygens (including phenoxy) is 1. The summed E-state index contributed by atoms with van der Waals surface area (Å²) < 4.78 is 7.48. The van der Waals surface area contributed by atoms with Crippen LogP contribution < -0.4 is 0 Å². The Kier molecular flexibility index (Phi) is 4.81. The van der Waals surface area contributed by atoms with Gasteiger partial charge in [-0.3, -0.25) is 0 Å². The molecular weight excluding hydrogens is 236 g/mol. The Bertz CT molecular complexity index is 45.3. The van der Waals surface area contributed by atoms with Gasteiger partial charge in [-0.25, -0.2) is 0 Å². The van der Waals surface area contributed by atoms with E-state index in [-0.39, 0.29) is 0 Å². The Morgan fingerprint density at radius 2 is 2.60 bits per heavy atom. The van der Waals surface area contributed by atoms with Crippen molar-refractivity contribution in [1.82, 2.24) is 0 Å². The Morgan fingerprint density at radius 1 is 2.00 bits per heavy atom. The molecule has 0 saturated heterocycles. The first-order chi connectivity index (χ1) is 2.41. The molecule has 1 nitrogen and oxygen atoms in total. The molecule has 5 heavy (non-hydrogen) atoms. The van der Waals surface area contributed by atoms with Crippen LogP contribution in [0.4, 0.5) is 0 Å². The first kappa shape index (κ1) is 5.43. The molecule has 0 saturated carbocycles. The third-order valence-electron chi connectivity index (χ3n) is 0.203. The van der Waals surface area contributed by atoms with Crippen LogP contribution in [0.5, 0.6) is 0 Å². The molecular formula is C3H5OW+. The fourth-order valence-electron chi connectivity index (χ4n) is 0.0589. The Morgan fingerprint density at radius 3 is 2.60 bits per heavy atom. The topological polar surface area (TPSA) is 9.23 Å². The van der Waals surface area contributed by atoms with Gasteiger partial charge in [0.15, 0.2) is 0 Å². The van der Waals surface area contributed by atoms with Crippen LogP contribution in [-0.2, 0) is 23.9 Å². The predicted octanol–water partition coefficient (Wildman–Crippen LogP) is 0.139. The van der Waals surface area contributed by atoms with Crippen molar-refractivity contribution in [1.29, 1.82) is 0 Å². The third-order valence-corrected chi connectivity index (χ3v) is 0.627. The van der Waals surface area contributed by atoms with E-state index in [0.29, 0.717) is 6.61 Å². The van der Waals surface area contributed by atoms with Crippen molar-refractivity contribution in [2.24, 2.45) is 0 Å². The molecule has 0 unspecified atom stereocenters. The van der Waals surface area contributed by atoms with Crippen LogP contribution in [0.2, 0.25) is 0 Å². The molecule has 0 aromatic carbocycles. The van der Waals surface area contributed by atoms with Crippen molar-refractivity contribution < 1.29 is 23.9 Å². The molecule has 0 aromatic rings. The van der Waals surface area contributed by atoms with Crippen LogP contribution in [0.25, 0.3) is 0 Å². The van der Waals surface area contributed by atoms with Gasteiger partial charge in [-0.2, -0.15) is 0 Å². The molecule has 0 radical (unpaired) electrons. The average molecular weight is 241 g/mol. The average Bonchev–Trinajstić information content (AvgIpc) is 1.41. The predicted molar refractivity (Wildman–Crippen MR) is 15.8 cm³/mol. The van der Waals surface area contributed by atoms with E-state index in [1.807, 2.05) is 0 Å². The second-order valence-corrected chi connectivity index (χ2v) is 1.61. The molecule has 0 spiro atoms. The summed E-state index contributed by atoms with van der Waals surface area (Å²) >= 11 is 1.35. The van der Waals surface area contributed by atoms with Gasteiger partial charge in [-0.05, 0) is 0 Å². The van der Waals surface area contributed by atoms with E-state index in [1.54, 1.807) is 7.11 Å². The van der Waals surface area contributed by atoms with E-state index in [0.717, 1.165) is 0 Å². The maximum atomic E-state index is 4.60. The van der Waals surface area contributed by atoms with Crippen LogP contribution in [0.1, 0.15) is 0 Å². The summed E-state index contributed by atoms with van der Waals surface area (Å²) in [5.41, 5.74) is 0. The van der Waals surface area contributed by atoms with Gasteiger partial charge in [0.2, 0.25) is 0 Å². The van der Waals surface area contributed by atoms with Crippen LogP contribution in [-0.4, -0.2) is 13.7 Å². The second-order valence-electron chi connectivity index (χ2n) is 0.577. The molecule has 0 bridgehead atoms. The summed E-state index contributed by atoms with van der Waals surface area (Å²) in [5.74, 6) is 0. The first-order valence-corrected chi connectivity index (χ1v) is 2.72. The Balaban J connectivity index is 2.48. The monoisotopic (exact) mass is 241 g/mol. The number of rotatable bonds is 1. The fourth-order valence-corrected chi connectivity index (χ4v) is 0.482. The molecule has 0 aliphatic heterocycles. The molecule has 0 heterocycles. The normalized spacial score (nSPS) is 6.40. The Labute approximate surface area is 42.3 Å². The standard InChI is InChI=1S/C3H5O.W/c1-3-4-2;/h3H2,2H3;/q;+1. The van der Waals surface area contributed by atoms with Crippen molar-refractivity contribution in [3.05, 3.63) is 0 Å². The molecule has 0 atom stereocenters. The number of hydrogen-bond acceptors (Lipinski definition) is 1. The summed E-state index contributed by atoms with van der Waals surface area (Å²) in [6.45, 7) is 0.676. The van der Waals surface area contributed by atoms with E-state index >= 15 is 0 Å². The van der Waals surface area contributed by atoms with E-state index in [1.165, 1.54) is 19.2 Å². The molecule has 0 aromatic heterocycles. The summed E-state index contributed by atoms with van der Waals surface area (Å²) in [5, 5.41) is 0. The van der Waals surface area contributed by atoms with Crippen LogP contribution in [0.3, 0.4) is 0 Å². The molecule has 0 aliphatic rings. The van der Waals surface area contributed by atoms with E-state index < -0.39 is 0 Å². The number of methoxy groups -OCH3 is 1. The maximum absolute atomic E-state index is 4.60. The molecule has 0 amide bonds. The van der Waals surface area contributed by atoms with Crippen molar-refractivity contribution >= 4 is 0 Å². The zero-order valence-corrected chi connectivity index (χ0v) is 5.96. The summed E-state index contributed by atoms with van der Waals surface area (Å²) in [7, 11) is 1.66. The van der Waals surface area contributed by atoms with E-state index in [9.17, 15) is 0 Å². The van der Waals surface area contributed by atoms with Crippen molar-refractivity contribution in [3.8, 4) is 4.20 Å². The first-order valence-electron chi connectivity index (χ1n) is 1.25. The van der Waals surface area contributed by atoms with Gasteiger partial charge in [0.1, 0.15) is 0 Å². The zero-order valence-electron chi connectivity index (χ0n) is 3.02. The minimum atomic E-state index is 0.676. The van der Waals surface area contributed by atoms with Gasteiger partial charge in [-0.1, -0.05) is 0 Å². The SMILES string of the molecule is COC[C]#[W+]. The molecule has 0 N–H and O–H groups in total. The van der Waals surface area contributed by atoms with Gasteiger partial charge in [0.25, 0.3) is 0 Å². The molecule has 2 heteroatoms.